The average Bonchev–Trinajstić information content (AvgIpc) is 3.39. The molecule has 0 atom stereocenters. The number of carbonyl (C=O) groups excluding carboxylic acids is 2. The van der Waals surface area contributed by atoms with Gasteiger partial charge in [0.1, 0.15) is 11.8 Å². The first-order chi connectivity index (χ1) is 14.6. The van der Waals surface area contributed by atoms with Crippen LogP contribution in [0.3, 0.4) is 0 Å². The maximum Gasteiger partial charge on any atom is 0.223 e. The van der Waals surface area contributed by atoms with Crippen molar-refractivity contribution >= 4 is 28.8 Å². The minimum atomic E-state index is 0.0190. The van der Waals surface area contributed by atoms with E-state index in [9.17, 15) is 9.59 Å². The average molecular weight is 414 g/mol. The van der Waals surface area contributed by atoms with Gasteiger partial charge < -0.3 is 20.9 Å². The third-order valence-electron chi connectivity index (χ3n) is 6.49. The highest BCUT2D eigenvalue weighted by atomic mass is 16.2. The molecule has 0 bridgehead atoms. The molecule has 2 aliphatic rings. The number of hydrogen-bond donors (Lipinski definition) is 3. The molecule has 2 aromatic rings. The highest BCUT2D eigenvalue weighted by Gasteiger charge is 2.27. The highest BCUT2D eigenvalue weighted by molar-refractivity contribution is 5.81. The van der Waals surface area contributed by atoms with Crippen LogP contribution in [-0.4, -0.2) is 43.9 Å². The van der Waals surface area contributed by atoms with Crippen molar-refractivity contribution in [3.63, 3.8) is 0 Å². The van der Waals surface area contributed by atoms with Crippen LogP contribution in [0.15, 0.2) is 12.7 Å². The molecule has 0 spiro atoms. The number of nitrogen functional groups attached to an aromatic ring is 1. The number of amides is 2. The van der Waals surface area contributed by atoms with E-state index in [0.717, 1.165) is 25.7 Å². The molecule has 2 fully saturated rings. The summed E-state index contributed by atoms with van der Waals surface area (Å²) in [5.41, 5.74) is 7.06. The fraction of sp³-hybridized carbons (Fsp3) is 0.667. The second kappa shape index (κ2) is 9.40. The smallest absolute Gasteiger partial charge is 0.223 e. The van der Waals surface area contributed by atoms with Gasteiger partial charge in [-0.1, -0.05) is 12.8 Å². The number of nitrogens with one attached hydrogen (secondary N) is 2. The Kier molecular flexibility index (Phi) is 6.44. The Morgan fingerprint density at radius 2 is 1.83 bits per heavy atom. The number of imidazole rings is 1. The molecule has 4 rings (SSSR count). The molecule has 2 heterocycles. The van der Waals surface area contributed by atoms with Crippen molar-refractivity contribution in [3.05, 3.63) is 12.7 Å². The van der Waals surface area contributed by atoms with Crippen molar-refractivity contribution in [1.29, 1.82) is 0 Å². The summed E-state index contributed by atoms with van der Waals surface area (Å²) in [5.74, 6) is 1.22. The van der Waals surface area contributed by atoms with Gasteiger partial charge in [0.15, 0.2) is 11.5 Å². The zero-order valence-electron chi connectivity index (χ0n) is 17.3. The standard InChI is InChI=1S/C21H31N7O2/c22-19-18-20(25-12-24-19)28(13-26-18)10-9-23-21(30)15-5-7-16(8-6-15)27-17(29)11-14-3-1-2-4-14/h12-16H,1-11H2,(H,23,30)(H,27,29)(H2,22,24,25). The molecule has 0 aromatic carbocycles. The number of fused-ring (bicyclic) bond motifs is 1. The second-order valence-corrected chi connectivity index (χ2v) is 8.63. The highest BCUT2D eigenvalue weighted by Crippen LogP contribution is 2.28. The molecule has 2 aliphatic carbocycles. The molecule has 4 N–H and O–H groups in total. The Hall–Kier alpha value is -2.71. The Labute approximate surface area is 176 Å². The lowest BCUT2D eigenvalue weighted by molar-refractivity contribution is -0.126. The molecule has 0 saturated heterocycles. The Balaban J connectivity index is 1.17. The predicted octanol–water partition coefficient (Wildman–Crippen LogP) is 1.78. The van der Waals surface area contributed by atoms with Gasteiger partial charge in [0.25, 0.3) is 0 Å². The lowest BCUT2D eigenvalue weighted by Crippen LogP contribution is -2.41. The first kappa shape index (κ1) is 20.6. The maximum atomic E-state index is 12.5. The first-order valence-corrected chi connectivity index (χ1v) is 11.1. The molecule has 2 amide bonds. The van der Waals surface area contributed by atoms with E-state index in [1.165, 1.54) is 32.0 Å². The Morgan fingerprint density at radius 1 is 1.07 bits per heavy atom. The fourth-order valence-corrected chi connectivity index (χ4v) is 4.77. The molecular weight excluding hydrogens is 382 g/mol. The zero-order valence-corrected chi connectivity index (χ0v) is 17.3. The first-order valence-electron chi connectivity index (χ1n) is 11.1. The largest absolute Gasteiger partial charge is 0.382 e. The molecule has 162 valence electrons. The number of carbonyl (C=O) groups is 2. The summed E-state index contributed by atoms with van der Waals surface area (Å²) in [6.45, 7) is 1.08. The van der Waals surface area contributed by atoms with E-state index in [0.29, 0.717) is 42.4 Å². The number of anilines is 1. The second-order valence-electron chi connectivity index (χ2n) is 8.63. The summed E-state index contributed by atoms with van der Waals surface area (Å²) in [4.78, 5) is 37.2. The molecule has 2 saturated carbocycles. The monoisotopic (exact) mass is 413 g/mol. The third kappa shape index (κ3) is 4.88. The van der Waals surface area contributed by atoms with Crippen LogP contribution in [0.2, 0.25) is 0 Å². The van der Waals surface area contributed by atoms with Crippen LogP contribution < -0.4 is 16.4 Å². The van der Waals surface area contributed by atoms with Gasteiger partial charge in [0.05, 0.1) is 6.33 Å². The maximum absolute atomic E-state index is 12.5. The molecule has 0 unspecified atom stereocenters. The molecule has 0 aliphatic heterocycles. The van der Waals surface area contributed by atoms with Crippen molar-refractivity contribution in [3.8, 4) is 0 Å². The van der Waals surface area contributed by atoms with Crippen molar-refractivity contribution in [2.45, 2.75) is 70.4 Å². The number of hydrogen-bond acceptors (Lipinski definition) is 6. The van der Waals surface area contributed by atoms with Crippen LogP contribution in [0, 0.1) is 11.8 Å². The van der Waals surface area contributed by atoms with Crippen LogP contribution in [0.25, 0.3) is 11.2 Å². The van der Waals surface area contributed by atoms with Gasteiger partial charge in [0.2, 0.25) is 11.8 Å². The van der Waals surface area contributed by atoms with E-state index in [-0.39, 0.29) is 23.8 Å². The van der Waals surface area contributed by atoms with Crippen molar-refractivity contribution in [1.82, 2.24) is 30.2 Å². The van der Waals surface area contributed by atoms with Crippen molar-refractivity contribution in [2.75, 3.05) is 12.3 Å². The molecule has 9 nitrogen and oxygen atoms in total. The summed E-state index contributed by atoms with van der Waals surface area (Å²) in [6, 6.07) is 0.213. The van der Waals surface area contributed by atoms with E-state index < -0.39 is 0 Å². The van der Waals surface area contributed by atoms with Gasteiger partial charge in [0, 0.05) is 31.5 Å². The van der Waals surface area contributed by atoms with Crippen LogP contribution >= 0.6 is 0 Å². The molecular formula is C21H31N7O2. The molecule has 30 heavy (non-hydrogen) atoms. The number of aromatic nitrogens is 4. The topological polar surface area (TPSA) is 128 Å². The van der Waals surface area contributed by atoms with Gasteiger partial charge in [-0.05, 0) is 44.4 Å². The minimum absolute atomic E-state index is 0.0190. The molecule has 2 aromatic heterocycles. The van der Waals surface area contributed by atoms with Crippen molar-refractivity contribution < 1.29 is 9.59 Å². The summed E-state index contributed by atoms with van der Waals surface area (Å²) in [6.07, 6.45) is 12.0. The van der Waals surface area contributed by atoms with E-state index in [4.69, 9.17) is 5.73 Å². The summed E-state index contributed by atoms with van der Waals surface area (Å²) >= 11 is 0. The van der Waals surface area contributed by atoms with E-state index >= 15 is 0 Å². The van der Waals surface area contributed by atoms with Crippen LogP contribution in [0.4, 0.5) is 5.82 Å². The Morgan fingerprint density at radius 3 is 2.60 bits per heavy atom. The van der Waals surface area contributed by atoms with Crippen LogP contribution in [0.1, 0.15) is 57.8 Å². The minimum Gasteiger partial charge on any atom is -0.382 e. The summed E-state index contributed by atoms with van der Waals surface area (Å²) in [7, 11) is 0. The summed E-state index contributed by atoms with van der Waals surface area (Å²) in [5, 5.41) is 6.21. The van der Waals surface area contributed by atoms with Crippen LogP contribution in [0.5, 0.6) is 0 Å². The zero-order chi connectivity index (χ0) is 20.9. The lowest BCUT2D eigenvalue weighted by Gasteiger charge is -2.28. The quantitative estimate of drug-likeness (QED) is 0.635. The van der Waals surface area contributed by atoms with Gasteiger partial charge in [-0.3, -0.25) is 9.59 Å². The SMILES string of the molecule is Nc1ncnc2c1ncn2CCNC(=O)C1CCC(NC(=O)CC2CCCC2)CC1. The number of rotatable bonds is 7. The Bertz CT molecular complexity index is 883. The summed E-state index contributed by atoms with van der Waals surface area (Å²) < 4.78 is 1.87. The van der Waals surface area contributed by atoms with Gasteiger partial charge in [-0.2, -0.15) is 0 Å². The fourth-order valence-electron chi connectivity index (χ4n) is 4.77. The van der Waals surface area contributed by atoms with Gasteiger partial charge in [-0.25, -0.2) is 15.0 Å². The lowest BCUT2D eigenvalue weighted by atomic mass is 9.85. The van der Waals surface area contributed by atoms with Gasteiger partial charge >= 0.3 is 0 Å². The van der Waals surface area contributed by atoms with E-state index in [1.807, 2.05) is 4.57 Å². The van der Waals surface area contributed by atoms with E-state index in [2.05, 4.69) is 25.6 Å². The van der Waals surface area contributed by atoms with Crippen molar-refractivity contribution in [2.24, 2.45) is 11.8 Å². The predicted molar refractivity (Wildman–Crippen MR) is 113 cm³/mol. The van der Waals surface area contributed by atoms with Crippen LogP contribution in [-0.2, 0) is 16.1 Å². The number of nitrogens with two attached hydrogens (primary N) is 1. The van der Waals surface area contributed by atoms with Gasteiger partial charge in [-0.15, -0.1) is 0 Å². The third-order valence-corrected chi connectivity index (χ3v) is 6.49. The van der Waals surface area contributed by atoms with E-state index in [1.54, 1.807) is 6.33 Å². The molecule has 9 heteroatoms. The number of nitrogens with zero attached hydrogens (tertiary/aromatic N) is 4. The molecule has 0 radical (unpaired) electrons. The normalized spacial score (nSPS) is 22.3.